The van der Waals surface area contributed by atoms with Gasteiger partial charge in [-0.15, -0.1) is 0 Å². The first kappa shape index (κ1) is 81.3. The molecule has 0 aliphatic heterocycles. The zero-order valence-electron chi connectivity index (χ0n) is 56.5. The number of rotatable bonds is 72. The highest BCUT2D eigenvalue weighted by atomic mass is 16.5. The molecule has 492 valence electrons. The van der Waals surface area contributed by atoms with Gasteiger partial charge in [0.15, 0.2) is 0 Å². The lowest BCUT2D eigenvalue weighted by molar-refractivity contribution is -0.143. The molecular formula is C77H149NO5. The zero-order chi connectivity index (χ0) is 59.9. The molecule has 0 aromatic rings. The summed E-state index contributed by atoms with van der Waals surface area (Å²) in [5.74, 6) is -0.0143. The Morgan fingerprint density at radius 1 is 0.337 bits per heavy atom. The topological polar surface area (TPSA) is 95.9 Å². The van der Waals surface area contributed by atoms with E-state index in [1.54, 1.807) is 0 Å². The molecule has 0 radical (unpaired) electrons. The molecule has 0 saturated carbocycles. The Balaban J connectivity index is 3.39. The van der Waals surface area contributed by atoms with Crippen molar-refractivity contribution in [3.63, 3.8) is 0 Å². The van der Waals surface area contributed by atoms with Crippen LogP contribution in [0.2, 0.25) is 0 Å². The molecule has 0 bridgehead atoms. The van der Waals surface area contributed by atoms with Crippen LogP contribution < -0.4 is 5.32 Å². The number of amides is 1. The van der Waals surface area contributed by atoms with E-state index >= 15 is 0 Å². The highest BCUT2D eigenvalue weighted by Gasteiger charge is 2.20. The normalized spacial score (nSPS) is 12.6. The predicted molar refractivity (Wildman–Crippen MR) is 366 cm³/mol. The van der Waals surface area contributed by atoms with Crippen LogP contribution in [-0.2, 0) is 14.3 Å². The molecule has 0 fully saturated rings. The lowest BCUT2D eigenvalue weighted by Gasteiger charge is -2.22. The number of carbonyl (C=O) groups excluding carboxylic acids is 2. The summed E-state index contributed by atoms with van der Waals surface area (Å²) in [4.78, 5) is 24.6. The van der Waals surface area contributed by atoms with Gasteiger partial charge in [-0.2, -0.15) is 0 Å². The van der Waals surface area contributed by atoms with Gasteiger partial charge in [0.2, 0.25) is 5.91 Å². The number of aliphatic hydroxyl groups excluding tert-OH is 2. The van der Waals surface area contributed by atoms with Crippen molar-refractivity contribution in [1.82, 2.24) is 5.32 Å². The van der Waals surface area contributed by atoms with Crippen molar-refractivity contribution < 1.29 is 24.5 Å². The number of unbranched alkanes of at least 4 members (excludes halogenated alkanes) is 57. The van der Waals surface area contributed by atoms with Gasteiger partial charge in [0.25, 0.3) is 0 Å². The Kier molecular flexibility index (Phi) is 71.4. The summed E-state index contributed by atoms with van der Waals surface area (Å²) in [6.07, 6.45) is 92.5. The minimum atomic E-state index is -0.665. The molecule has 0 saturated heterocycles. The number of nitrogens with one attached hydrogen (secondary N) is 1. The third-order valence-corrected chi connectivity index (χ3v) is 18.0. The average molecular weight is 1170 g/mol. The van der Waals surface area contributed by atoms with E-state index in [1.165, 1.54) is 353 Å². The Hall–Kier alpha value is -1.66. The van der Waals surface area contributed by atoms with E-state index in [0.717, 1.165) is 44.9 Å². The summed E-state index contributed by atoms with van der Waals surface area (Å²) in [6.45, 7) is 5.00. The molecule has 3 N–H and O–H groups in total. The lowest BCUT2D eigenvalue weighted by Crippen LogP contribution is -2.45. The fourth-order valence-corrected chi connectivity index (χ4v) is 12.2. The van der Waals surface area contributed by atoms with Gasteiger partial charge in [0.1, 0.15) is 0 Å². The number of esters is 1. The number of carbonyl (C=O) groups is 2. The number of allylic oxidation sites excluding steroid dienone is 4. The van der Waals surface area contributed by atoms with Crippen LogP contribution in [0.3, 0.4) is 0 Å². The van der Waals surface area contributed by atoms with Crippen LogP contribution in [0.5, 0.6) is 0 Å². The summed E-state index contributed by atoms with van der Waals surface area (Å²) in [6, 6.07) is -0.542. The third-order valence-electron chi connectivity index (χ3n) is 18.0. The second-order valence-corrected chi connectivity index (χ2v) is 26.3. The van der Waals surface area contributed by atoms with Gasteiger partial charge in [0.05, 0.1) is 25.4 Å². The van der Waals surface area contributed by atoms with Gasteiger partial charge in [-0.25, -0.2) is 0 Å². The summed E-state index contributed by atoms with van der Waals surface area (Å²) in [7, 11) is 0. The summed E-state index contributed by atoms with van der Waals surface area (Å²) >= 11 is 0. The Morgan fingerprint density at radius 2 is 0.602 bits per heavy atom. The van der Waals surface area contributed by atoms with Crippen molar-refractivity contribution in [2.24, 2.45) is 0 Å². The van der Waals surface area contributed by atoms with Crippen molar-refractivity contribution in [1.29, 1.82) is 0 Å². The quantitative estimate of drug-likeness (QED) is 0.0320. The lowest BCUT2D eigenvalue weighted by atomic mass is 10.0. The summed E-state index contributed by atoms with van der Waals surface area (Å²) < 4.78 is 5.48. The van der Waals surface area contributed by atoms with Crippen LogP contribution in [-0.4, -0.2) is 47.4 Å². The molecule has 83 heavy (non-hydrogen) atoms. The van der Waals surface area contributed by atoms with E-state index in [0.29, 0.717) is 25.9 Å². The number of aliphatic hydroxyl groups is 2. The van der Waals surface area contributed by atoms with Crippen molar-refractivity contribution in [3.05, 3.63) is 24.3 Å². The Morgan fingerprint density at radius 3 is 0.916 bits per heavy atom. The van der Waals surface area contributed by atoms with Crippen LogP contribution in [0.25, 0.3) is 0 Å². The number of ether oxygens (including phenoxy) is 1. The largest absolute Gasteiger partial charge is 0.466 e. The van der Waals surface area contributed by atoms with Crippen LogP contribution >= 0.6 is 0 Å². The molecule has 0 spiro atoms. The van der Waals surface area contributed by atoms with Gasteiger partial charge >= 0.3 is 5.97 Å². The van der Waals surface area contributed by atoms with Gasteiger partial charge in [0, 0.05) is 12.8 Å². The highest BCUT2D eigenvalue weighted by Crippen LogP contribution is 2.20. The minimum Gasteiger partial charge on any atom is -0.466 e. The zero-order valence-corrected chi connectivity index (χ0v) is 56.5. The van der Waals surface area contributed by atoms with Gasteiger partial charge in [-0.05, 0) is 57.8 Å². The molecule has 6 heteroatoms. The maximum Gasteiger partial charge on any atom is 0.305 e. The molecule has 0 aliphatic carbocycles. The van der Waals surface area contributed by atoms with Crippen LogP contribution in [0, 0.1) is 0 Å². The van der Waals surface area contributed by atoms with Gasteiger partial charge in [-0.1, -0.05) is 385 Å². The maximum atomic E-state index is 12.6. The first-order valence-electron chi connectivity index (χ1n) is 38.1. The van der Waals surface area contributed by atoms with E-state index < -0.39 is 12.1 Å². The summed E-state index contributed by atoms with van der Waals surface area (Å²) in [5, 5.41) is 23.5. The molecule has 0 rings (SSSR count). The van der Waals surface area contributed by atoms with E-state index in [1.807, 2.05) is 0 Å². The highest BCUT2D eigenvalue weighted by molar-refractivity contribution is 5.76. The maximum absolute atomic E-state index is 12.6. The molecule has 1 amide bonds. The molecule has 0 heterocycles. The monoisotopic (exact) mass is 1170 g/mol. The molecule has 2 unspecified atom stereocenters. The fourth-order valence-electron chi connectivity index (χ4n) is 12.2. The second-order valence-electron chi connectivity index (χ2n) is 26.3. The van der Waals surface area contributed by atoms with E-state index in [-0.39, 0.29) is 18.5 Å². The first-order chi connectivity index (χ1) is 41.0. The molecule has 2 atom stereocenters. The van der Waals surface area contributed by atoms with Gasteiger partial charge < -0.3 is 20.3 Å². The standard InChI is InChI=1S/C77H149NO5/c1-3-5-7-9-11-13-15-17-18-19-20-21-31-34-37-40-43-46-49-53-57-61-65-69-75(80)74(73-79)78-76(81)70-66-62-58-54-50-47-44-41-38-35-32-29-27-25-23-22-24-26-28-30-33-36-39-42-45-48-52-56-60-64-68-72-83-77(82)71-67-63-59-55-51-16-14-12-10-8-6-4-2/h24,26,30,33,74-75,79-80H,3-23,25,27-29,31-32,34-73H2,1-2H3,(H,78,81)/b26-24-,33-30-. The molecule has 0 aliphatic rings. The van der Waals surface area contributed by atoms with E-state index in [2.05, 4.69) is 43.5 Å². The van der Waals surface area contributed by atoms with Crippen molar-refractivity contribution in [2.45, 2.75) is 443 Å². The first-order valence-corrected chi connectivity index (χ1v) is 38.1. The Bertz CT molecular complexity index is 1300. The minimum absolute atomic E-state index is 0.0148. The SMILES string of the molecule is CCCCCCCCCCCCCCCCCCCCCCCCCC(O)C(CO)NC(=O)CCCCCCCCCCCCCCCCC/C=C\C/C=C\CCCCCCCCCCCOC(=O)CCCCCCCCCCCCCC. The van der Waals surface area contributed by atoms with Crippen LogP contribution in [0.4, 0.5) is 0 Å². The Labute approximate surface area is 520 Å². The summed E-state index contributed by atoms with van der Waals surface area (Å²) in [5.41, 5.74) is 0. The average Bonchev–Trinajstić information content (AvgIpc) is 3.49. The fraction of sp³-hybridized carbons (Fsp3) is 0.922. The van der Waals surface area contributed by atoms with Gasteiger partial charge in [-0.3, -0.25) is 9.59 Å². The van der Waals surface area contributed by atoms with E-state index in [9.17, 15) is 19.8 Å². The van der Waals surface area contributed by atoms with Crippen molar-refractivity contribution >= 4 is 11.9 Å². The second kappa shape index (κ2) is 72.8. The van der Waals surface area contributed by atoms with Crippen molar-refractivity contribution in [3.8, 4) is 0 Å². The molecular weight excluding hydrogens is 1020 g/mol. The molecule has 0 aromatic carbocycles. The van der Waals surface area contributed by atoms with Crippen molar-refractivity contribution in [2.75, 3.05) is 13.2 Å². The molecule has 0 aromatic heterocycles. The van der Waals surface area contributed by atoms with Crippen LogP contribution in [0.15, 0.2) is 24.3 Å². The number of hydrogen-bond donors (Lipinski definition) is 3. The number of hydrogen-bond acceptors (Lipinski definition) is 5. The van der Waals surface area contributed by atoms with E-state index in [4.69, 9.17) is 4.74 Å². The predicted octanol–water partition coefficient (Wildman–Crippen LogP) is 24.9. The van der Waals surface area contributed by atoms with Crippen LogP contribution in [0.1, 0.15) is 431 Å². The smallest absolute Gasteiger partial charge is 0.305 e. The third kappa shape index (κ3) is 69.3. The molecule has 6 nitrogen and oxygen atoms in total.